The van der Waals surface area contributed by atoms with Crippen molar-refractivity contribution in [2.75, 3.05) is 0 Å². The first-order chi connectivity index (χ1) is 10.6. The van der Waals surface area contributed by atoms with E-state index in [1.807, 2.05) is 0 Å². The van der Waals surface area contributed by atoms with Gasteiger partial charge in [0.2, 0.25) is 5.82 Å². The molecule has 0 heterocycles. The van der Waals surface area contributed by atoms with Crippen LogP contribution in [0.3, 0.4) is 0 Å². The van der Waals surface area contributed by atoms with Crippen molar-refractivity contribution in [3.63, 3.8) is 0 Å². The minimum atomic E-state index is -2.56. The lowest BCUT2D eigenvalue weighted by Crippen LogP contribution is -2.24. The fraction of sp³-hybridized carbons (Fsp3) is 0. The van der Waals surface area contributed by atoms with Crippen LogP contribution in [0.5, 0.6) is 0 Å². The molecule has 0 aliphatic carbocycles. The number of benzene rings is 2. The van der Waals surface area contributed by atoms with Crippen LogP contribution >= 0.6 is 12.9 Å². The molecule has 0 amide bonds. The molecule has 0 N–H and O–H groups in total. The van der Waals surface area contributed by atoms with E-state index in [0.717, 1.165) is 0 Å². The standard InChI is InChI=1S/C12F9.BrH.Mg/c13-2-1-3(14)6(15)7(16)4(2)5-8(17)10(19)12(21)11(20)9(5)18;;/h;1H;/q;;+1/p-1. The van der Waals surface area contributed by atoms with Crippen LogP contribution < -0.4 is 3.69 Å². The zero-order valence-electron chi connectivity index (χ0n) is 10.5. The second kappa shape index (κ2) is 6.52. The topological polar surface area (TPSA) is 0 Å². The molecule has 0 aromatic heterocycles. The van der Waals surface area contributed by atoms with Crippen LogP contribution in [-0.2, 0) is 0 Å². The van der Waals surface area contributed by atoms with E-state index >= 15 is 0 Å². The number of halogens is 10. The average molecular weight is 419 g/mol. The van der Waals surface area contributed by atoms with Gasteiger partial charge in [0.05, 0.1) is 11.1 Å². The molecular weight excluding hydrogens is 419 g/mol. The maximum atomic E-state index is 14.1. The van der Waals surface area contributed by atoms with E-state index in [9.17, 15) is 39.5 Å². The van der Waals surface area contributed by atoms with Crippen molar-refractivity contribution in [1.29, 1.82) is 0 Å². The van der Waals surface area contributed by atoms with Crippen molar-refractivity contribution < 1.29 is 39.5 Å². The predicted molar refractivity (Wildman–Crippen MR) is 65.8 cm³/mol. The normalized spacial score (nSPS) is 10.9. The molecule has 0 saturated heterocycles. The van der Waals surface area contributed by atoms with Gasteiger partial charge in [0, 0.05) is 0 Å². The van der Waals surface area contributed by atoms with Crippen molar-refractivity contribution in [2.24, 2.45) is 0 Å². The molecule has 0 spiro atoms. The third-order valence-corrected chi connectivity index (χ3v) is 5.52. The highest BCUT2D eigenvalue weighted by molar-refractivity contribution is 9.23. The molecule has 0 atom stereocenters. The fourth-order valence-electron chi connectivity index (χ4n) is 1.84. The summed E-state index contributed by atoms with van der Waals surface area (Å²) >= 11 is 0.644. The monoisotopic (exact) mass is 418 g/mol. The van der Waals surface area contributed by atoms with Crippen molar-refractivity contribution in [1.82, 2.24) is 0 Å². The van der Waals surface area contributed by atoms with Crippen LogP contribution in [0.15, 0.2) is 0 Å². The van der Waals surface area contributed by atoms with E-state index in [4.69, 9.17) is 0 Å². The van der Waals surface area contributed by atoms with Gasteiger partial charge >= 0.3 is 18.2 Å². The Morgan fingerprint density at radius 2 is 0.739 bits per heavy atom. The molecule has 0 saturated carbocycles. The summed E-state index contributed by atoms with van der Waals surface area (Å²) < 4.78 is 120. The summed E-state index contributed by atoms with van der Waals surface area (Å²) in [4.78, 5) is 0. The highest BCUT2D eigenvalue weighted by Gasteiger charge is 2.33. The maximum Gasteiger partial charge on any atom is 0.516 e. The SMILES string of the molecule is Fc1c(F)c(F)c(-c2c(F)c(F)c(F)[c]([Mg][Br])c2F)c(F)c1F. The molecule has 0 bridgehead atoms. The quantitative estimate of drug-likeness (QED) is 0.296. The van der Waals surface area contributed by atoms with Gasteiger partial charge in [0.15, 0.2) is 34.9 Å². The Hall–Kier alpha value is -0.944. The minimum Gasteiger partial charge on any atom is -0.296 e. The van der Waals surface area contributed by atoms with Crippen LogP contribution in [0.4, 0.5) is 39.5 Å². The lowest BCUT2D eigenvalue weighted by atomic mass is 10.0. The van der Waals surface area contributed by atoms with E-state index in [1.165, 1.54) is 0 Å². The first kappa shape index (κ1) is 18.4. The van der Waals surface area contributed by atoms with E-state index in [0.29, 0.717) is 0 Å². The molecule has 2 aromatic carbocycles. The van der Waals surface area contributed by atoms with Gasteiger partial charge in [-0.2, -0.15) is 0 Å². The molecule has 0 fully saturated rings. The highest BCUT2D eigenvalue weighted by atomic mass is 79.9. The van der Waals surface area contributed by atoms with Gasteiger partial charge in [-0.25, -0.2) is 39.5 Å². The summed E-state index contributed by atoms with van der Waals surface area (Å²) in [6, 6.07) is 0. The van der Waals surface area contributed by atoms with Crippen LogP contribution in [-0.4, -0.2) is 18.2 Å². The maximum absolute atomic E-state index is 14.1. The van der Waals surface area contributed by atoms with Crippen molar-refractivity contribution >= 4 is 34.8 Å². The third kappa shape index (κ3) is 2.72. The largest absolute Gasteiger partial charge is 0.516 e. The van der Waals surface area contributed by atoms with E-state index in [2.05, 4.69) is 12.9 Å². The molecule has 0 unspecified atom stereocenters. The molecule has 2 rings (SSSR count). The number of hydrogen-bond donors (Lipinski definition) is 0. The van der Waals surface area contributed by atoms with Crippen LogP contribution in [0.2, 0.25) is 0 Å². The molecule has 0 aliphatic heterocycles. The average Bonchev–Trinajstić information content (AvgIpc) is 2.52. The minimum absolute atomic E-state index is 1.04. The Kier molecular flexibility index (Phi) is 5.21. The Bertz CT molecular complexity index is 792. The van der Waals surface area contributed by atoms with Crippen LogP contribution in [0, 0.1) is 52.4 Å². The molecule has 23 heavy (non-hydrogen) atoms. The van der Waals surface area contributed by atoms with Crippen molar-refractivity contribution in [3.8, 4) is 11.1 Å². The van der Waals surface area contributed by atoms with Crippen molar-refractivity contribution in [2.45, 2.75) is 0 Å². The summed E-state index contributed by atoms with van der Waals surface area (Å²) in [6.45, 7) is 0. The predicted octanol–water partition coefficient (Wildman–Crippen LogP) is 4.24. The molecule has 0 aliphatic rings. The molecule has 120 valence electrons. The number of rotatable bonds is 2. The Morgan fingerprint density at radius 1 is 0.435 bits per heavy atom. The lowest BCUT2D eigenvalue weighted by molar-refractivity contribution is 0.379. The lowest BCUT2D eigenvalue weighted by Gasteiger charge is -2.14. The third-order valence-electron chi connectivity index (χ3n) is 2.95. The van der Waals surface area contributed by atoms with Gasteiger partial charge < -0.3 is 0 Å². The molecule has 11 heteroatoms. The summed E-state index contributed by atoms with van der Waals surface area (Å²) in [7, 11) is 0. The number of hydrogen-bond acceptors (Lipinski definition) is 0. The first-order valence-electron chi connectivity index (χ1n) is 5.57. The van der Waals surface area contributed by atoms with Gasteiger partial charge in [-0.05, 0) is 0 Å². The zero-order chi connectivity index (χ0) is 17.6. The Labute approximate surface area is 137 Å². The second-order valence-electron chi connectivity index (χ2n) is 4.19. The highest BCUT2D eigenvalue weighted by Crippen LogP contribution is 2.35. The molecule has 2 aromatic rings. The Balaban J connectivity index is 3.03. The summed E-state index contributed by atoms with van der Waals surface area (Å²) in [6.07, 6.45) is 0. The van der Waals surface area contributed by atoms with Gasteiger partial charge in [0.1, 0.15) is 11.6 Å². The molecule has 0 radical (unpaired) electrons. The molecule has 0 nitrogen and oxygen atoms in total. The van der Waals surface area contributed by atoms with Gasteiger partial charge in [-0.1, -0.05) is 3.69 Å². The van der Waals surface area contributed by atoms with Crippen LogP contribution in [0.1, 0.15) is 0 Å². The zero-order valence-corrected chi connectivity index (χ0v) is 13.5. The second-order valence-corrected chi connectivity index (χ2v) is 6.84. The van der Waals surface area contributed by atoms with Gasteiger partial charge in [0.25, 0.3) is 0 Å². The Morgan fingerprint density at radius 3 is 1.13 bits per heavy atom. The van der Waals surface area contributed by atoms with Crippen molar-refractivity contribution in [3.05, 3.63) is 52.4 Å². The summed E-state index contributed by atoms with van der Waals surface area (Å²) in [5.74, 6) is -21.2. The van der Waals surface area contributed by atoms with Crippen LogP contribution in [0.25, 0.3) is 11.1 Å². The fourth-order valence-corrected chi connectivity index (χ4v) is 3.89. The summed E-state index contributed by atoms with van der Waals surface area (Å²) in [5, 5.41) is 0. The van der Waals surface area contributed by atoms with E-state index in [-0.39, 0.29) is 0 Å². The van der Waals surface area contributed by atoms with E-state index in [1.54, 1.807) is 0 Å². The smallest absolute Gasteiger partial charge is 0.296 e. The first-order valence-corrected chi connectivity index (χ1v) is 10.2. The summed E-state index contributed by atoms with van der Waals surface area (Å²) in [5.41, 5.74) is -3.87. The van der Waals surface area contributed by atoms with Gasteiger partial charge in [-0.3, -0.25) is 12.9 Å². The molecular formula is C12BrF9Mg. The van der Waals surface area contributed by atoms with Gasteiger partial charge in [-0.15, -0.1) is 0 Å². The van der Waals surface area contributed by atoms with E-state index < -0.39 is 85.4 Å².